The zero-order valence-electron chi connectivity index (χ0n) is 12.7. The minimum Gasteiger partial charge on any atom is -0.342 e. The van der Waals surface area contributed by atoms with E-state index in [0.717, 1.165) is 51.1 Å². The van der Waals surface area contributed by atoms with E-state index in [1.165, 1.54) is 12.1 Å². The Hall–Kier alpha value is -1.36. The topological polar surface area (TPSA) is 50.2 Å². The fourth-order valence-electron chi connectivity index (χ4n) is 2.71. The van der Waals surface area contributed by atoms with E-state index in [9.17, 15) is 4.79 Å². The average Bonchev–Trinajstić information content (AvgIpc) is 2.77. The number of nitrogens with one attached hydrogen (secondary N) is 1. The maximum absolute atomic E-state index is 11.9. The number of carbonyl (C=O) groups excluding carboxylic acids is 1. The summed E-state index contributed by atoms with van der Waals surface area (Å²) in [5.74, 6) is 0.246. The summed E-state index contributed by atoms with van der Waals surface area (Å²) < 4.78 is 2.03. The predicted molar refractivity (Wildman–Crippen MR) is 79.6 cm³/mol. The van der Waals surface area contributed by atoms with Crippen LogP contribution in [0.5, 0.6) is 0 Å². The average molecular weight is 278 g/mol. The molecule has 0 bridgehead atoms. The monoisotopic (exact) mass is 278 g/mol. The van der Waals surface area contributed by atoms with Gasteiger partial charge in [0.15, 0.2) is 0 Å². The highest BCUT2D eigenvalue weighted by atomic mass is 16.2. The maximum Gasteiger partial charge on any atom is 0.236 e. The molecule has 1 amide bonds. The first kappa shape index (κ1) is 15.0. The van der Waals surface area contributed by atoms with Crippen molar-refractivity contribution >= 4 is 5.91 Å². The molecular weight excluding hydrogens is 252 g/mol. The molecule has 1 aliphatic heterocycles. The highest BCUT2D eigenvalue weighted by Crippen LogP contribution is 2.08. The Kier molecular flexibility index (Phi) is 5.59. The van der Waals surface area contributed by atoms with Crippen molar-refractivity contribution in [1.82, 2.24) is 20.0 Å². The van der Waals surface area contributed by atoms with Crippen LogP contribution < -0.4 is 5.32 Å². The molecule has 0 spiro atoms. The summed E-state index contributed by atoms with van der Waals surface area (Å²) in [6.45, 7) is 8.20. The van der Waals surface area contributed by atoms with Crippen molar-refractivity contribution < 1.29 is 4.79 Å². The van der Waals surface area contributed by atoms with Crippen LogP contribution in [0.4, 0.5) is 0 Å². The zero-order valence-corrected chi connectivity index (χ0v) is 12.7. The summed E-state index contributed by atoms with van der Waals surface area (Å²) in [6, 6.07) is 2.09. The highest BCUT2D eigenvalue weighted by molar-refractivity contribution is 5.78. The number of likely N-dealkylation sites (tertiary alicyclic amines) is 1. The third-order valence-electron chi connectivity index (χ3n) is 3.81. The minimum absolute atomic E-state index is 0.246. The Balaban J connectivity index is 1.59. The van der Waals surface area contributed by atoms with Crippen molar-refractivity contribution in [1.29, 1.82) is 0 Å². The summed E-state index contributed by atoms with van der Waals surface area (Å²) in [4.78, 5) is 13.9. The van der Waals surface area contributed by atoms with Crippen molar-refractivity contribution in [2.75, 3.05) is 26.2 Å². The van der Waals surface area contributed by atoms with E-state index in [1.54, 1.807) is 0 Å². The van der Waals surface area contributed by atoms with Gasteiger partial charge in [0.1, 0.15) is 0 Å². The lowest BCUT2D eigenvalue weighted by Gasteiger charge is -2.26. The third-order valence-corrected chi connectivity index (χ3v) is 3.81. The molecule has 1 aliphatic rings. The first-order valence-electron chi connectivity index (χ1n) is 7.66. The summed E-state index contributed by atoms with van der Waals surface area (Å²) in [7, 11) is 0. The number of nitrogens with zero attached hydrogens (tertiary/aromatic N) is 3. The molecule has 1 aromatic heterocycles. The second kappa shape index (κ2) is 7.43. The van der Waals surface area contributed by atoms with Crippen molar-refractivity contribution in [3.8, 4) is 0 Å². The number of piperidine rings is 1. The standard InChI is InChI=1S/C15H26N4O/c1-13-11-14(2)19(17-13)10-6-7-16-12-15(20)18-8-4-3-5-9-18/h11,16H,3-10,12H2,1-2H3. The molecule has 5 nitrogen and oxygen atoms in total. The number of hydrogen-bond donors (Lipinski definition) is 1. The zero-order chi connectivity index (χ0) is 14.4. The van der Waals surface area contributed by atoms with Crippen LogP contribution >= 0.6 is 0 Å². The molecule has 1 saturated heterocycles. The van der Waals surface area contributed by atoms with E-state index < -0.39 is 0 Å². The van der Waals surface area contributed by atoms with Gasteiger partial charge in [-0.2, -0.15) is 5.10 Å². The molecule has 0 aromatic carbocycles. The molecule has 2 rings (SSSR count). The lowest BCUT2D eigenvalue weighted by atomic mass is 10.1. The Bertz CT molecular complexity index is 435. The number of hydrogen-bond acceptors (Lipinski definition) is 3. The molecule has 1 N–H and O–H groups in total. The summed E-state index contributed by atoms with van der Waals surface area (Å²) in [6.07, 6.45) is 4.57. The van der Waals surface area contributed by atoms with Crippen molar-refractivity contribution in [3.05, 3.63) is 17.5 Å². The number of carbonyl (C=O) groups is 1. The van der Waals surface area contributed by atoms with Crippen LogP contribution in [0.2, 0.25) is 0 Å². The van der Waals surface area contributed by atoms with Gasteiger partial charge in [-0.3, -0.25) is 9.48 Å². The lowest BCUT2D eigenvalue weighted by Crippen LogP contribution is -2.41. The van der Waals surface area contributed by atoms with Crippen LogP contribution in [-0.2, 0) is 11.3 Å². The molecule has 1 aromatic rings. The molecule has 112 valence electrons. The molecule has 2 heterocycles. The molecule has 0 saturated carbocycles. The molecular formula is C15H26N4O. The Morgan fingerprint density at radius 2 is 2.05 bits per heavy atom. The van der Waals surface area contributed by atoms with Gasteiger partial charge < -0.3 is 10.2 Å². The van der Waals surface area contributed by atoms with Gasteiger partial charge in [0.2, 0.25) is 5.91 Å². The molecule has 0 atom stereocenters. The van der Waals surface area contributed by atoms with Gasteiger partial charge in [0.05, 0.1) is 12.2 Å². The fourth-order valence-corrected chi connectivity index (χ4v) is 2.71. The first-order valence-corrected chi connectivity index (χ1v) is 7.66. The normalized spacial score (nSPS) is 15.6. The summed E-state index contributed by atoms with van der Waals surface area (Å²) in [5.41, 5.74) is 2.27. The maximum atomic E-state index is 11.9. The number of amides is 1. The van der Waals surface area contributed by atoms with Crippen LogP contribution in [-0.4, -0.2) is 46.8 Å². The van der Waals surface area contributed by atoms with E-state index in [4.69, 9.17) is 0 Å². The van der Waals surface area contributed by atoms with Gasteiger partial charge in [-0.1, -0.05) is 0 Å². The van der Waals surface area contributed by atoms with Gasteiger partial charge in [-0.05, 0) is 52.1 Å². The Labute approximate surface area is 121 Å². The summed E-state index contributed by atoms with van der Waals surface area (Å²) >= 11 is 0. The lowest BCUT2D eigenvalue weighted by molar-refractivity contribution is -0.131. The number of aryl methyl sites for hydroxylation is 3. The Morgan fingerprint density at radius 1 is 1.30 bits per heavy atom. The molecule has 5 heteroatoms. The molecule has 20 heavy (non-hydrogen) atoms. The first-order chi connectivity index (χ1) is 9.66. The third kappa shape index (κ3) is 4.34. The fraction of sp³-hybridized carbons (Fsp3) is 0.733. The molecule has 0 radical (unpaired) electrons. The van der Waals surface area contributed by atoms with Crippen molar-refractivity contribution in [2.24, 2.45) is 0 Å². The van der Waals surface area contributed by atoms with Crippen LogP contribution in [0.15, 0.2) is 6.07 Å². The van der Waals surface area contributed by atoms with Crippen LogP contribution in [0.1, 0.15) is 37.1 Å². The second-order valence-electron chi connectivity index (χ2n) is 5.62. The minimum atomic E-state index is 0.246. The van der Waals surface area contributed by atoms with E-state index in [0.29, 0.717) is 6.54 Å². The highest BCUT2D eigenvalue weighted by Gasteiger charge is 2.15. The van der Waals surface area contributed by atoms with E-state index in [1.807, 2.05) is 16.5 Å². The second-order valence-corrected chi connectivity index (χ2v) is 5.62. The van der Waals surface area contributed by atoms with Gasteiger partial charge in [0.25, 0.3) is 0 Å². The molecule has 1 fully saturated rings. The van der Waals surface area contributed by atoms with Crippen molar-refractivity contribution in [2.45, 2.75) is 46.1 Å². The van der Waals surface area contributed by atoms with E-state index in [2.05, 4.69) is 23.4 Å². The van der Waals surface area contributed by atoms with Crippen molar-refractivity contribution in [3.63, 3.8) is 0 Å². The Morgan fingerprint density at radius 3 is 2.70 bits per heavy atom. The smallest absolute Gasteiger partial charge is 0.236 e. The van der Waals surface area contributed by atoms with Crippen LogP contribution in [0.25, 0.3) is 0 Å². The van der Waals surface area contributed by atoms with Gasteiger partial charge in [-0.15, -0.1) is 0 Å². The quantitative estimate of drug-likeness (QED) is 0.802. The van der Waals surface area contributed by atoms with Crippen LogP contribution in [0.3, 0.4) is 0 Å². The predicted octanol–water partition coefficient (Wildman–Crippen LogP) is 1.49. The van der Waals surface area contributed by atoms with Crippen LogP contribution in [0, 0.1) is 13.8 Å². The van der Waals surface area contributed by atoms with E-state index in [-0.39, 0.29) is 5.91 Å². The van der Waals surface area contributed by atoms with E-state index >= 15 is 0 Å². The van der Waals surface area contributed by atoms with Gasteiger partial charge in [-0.25, -0.2) is 0 Å². The number of rotatable bonds is 6. The number of aromatic nitrogens is 2. The SMILES string of the molecule is Cc1cc(C)n(CCCNCC(=O)N2CCCCC2)n1. The largest absolute Gasteiger partial charge is 0.342 e. The molecule has 0 aliphatic carbocycles. The van der Waals surface area contributed by atoms with Gasteiger partial charge >= 0.3 is 0 Å². The van der Waals surface area contributed by atoms with Gasteiger partial charge in [0, 0.05) is 25.3 Å². The molecule has 0 unspecified atom stereocenters. The summed E-state index contributed by atoms with van der Waals surface area (Å²) in [5, 5.41) is 7.68.